The molecule has 1 aliphatic rings. The third-order valence-electron chi connectivity index (χ3n) is 4.26. The van der Waals surface area contributed by atoms with Crippen LogP contribution in [0.4, 0.5) is 0 Å². The number of Topliss-reactive ketones (excluding diaryl/α,β-unsaturated/α-hetero) is 1. The fourth-order valence-electron chi connectivity index (χ4n) is 3.06. The Morgan fingerprint density at radius 2 is 2.17 bits per heavy atom. The molecule has 3 rings (SSSR count). The summed E-state index contributed by atoms with van der Waals surface area (Å²) < 4.78 is 0. The van der Waals surface area contributed by atoms with Gasteiger partial charge in [-0.3, -0.25) is 14.7 Å². The molecule has 0 saturated carbocycles. The first kappa shape index (κ1) is 15.7. The van der Waals surface area contributed by atoms with Crippen LogP contribution in [0.2, 0.25) is 0 Å². The van der Waals surface area contributed by atoms with E-state index < -0.39 is 0 Å². The largest absolute Gasteiger partial charge is 0.297 e. The van der Waals surface area contributed by atoms with E-state index in [1.165, 1.54) is 0 Å². The van der Waals surface area contributed by atoms with Crippen molar-refractivity contribution in [2.75, 3.05) is 13.1 Å². The highest BCUT2D eigenvalue weighted by molar-refractivity contribution is 5.96. The number of aromatic nitrogens is 3. The van der Waals surface area contributed by atoms with Gasteiger partial charge in [-0.05, 0) is 37.6 Å². The van der Waals surface area contributed by atoms with Crippen LogP contribution in [0.5, 0.6) is 0 Å². The maximum atomic E-state index is 12.6. The van der Waals surface area contributed by atoms with Gasteiger partial charge in [0.15, 0.2) is 5.78 Å². The van der Waals surface area contributed by atoms with Gasteiger partial charge >= 0.3 is 0 Å². The second kappa shape index (κ2) is 7.42. The number of piperidine rings is 1. The molecule has 1 atom stereocenters. The normalized spacial score (nSPS) is 18.7. The van der Waals surface area contributed by atoms with Gasteiger partial charge in [-0.2, -0.15) is 0 Å². The van der Waals surface area contributed by atoms with Crippen molar-refractivity contribution in [1.82, 2.24) is 19.9 Å². The molecule has 1 fully saturated rings. The van der Waals surface area contributed by atoms with E-state index in [9.17, 15) is 4.79 Å². The molecule has 1 aliphatic heterocycles. The maximum Gasteiger partial charge on any atom is 0.185 e. The molecule has 120 valence electrons. The number of carbonyl (C=O) groups is 1. The number of hydrogen-bond donors (Lipinski definition) is 0. The minimum atomic E-state index is 0.0335. The number of ketones is 1. The molecule has 23 heavy (non-hydrogen) atoms. The molecule has 0 spiro atoms. The zero-order valence-corrected chi connectivity index (χ0v) is 13.5. The molecule has 2 aromatic heterocycles. The minimum Gasteiger partial charge on any atom is -0.297 e. The van der Waals surface area contributed by atoms with Crippen molar-refractivity contribution in [2.24, 2.45) is 5.92 Å². The number of pyridine rings is 1. The Bertz CT molecular complexity index is 659. The standard InChI is InChI=1S/C18H22N4O/c1-2-17-20-10-8-15(21-17)13-22-11-5-6-14(12-22)18(23)16-7-3-4-9-19-16/h3-4,7-10,14H,2,5-6,11-13H2,1H3/t14-/m0/s1. The zero-order chi connectivity index (χ0) is 16.1. The van der Waals surface area contributed by atoms with Gasteiger partial charge in [0.2, 0.25) is 0 Å². The first-order valence-corrected chi connectivity index (χ1v) is 8.24. The summed E-state index contributed by atoms with van der Waals surface area (Å²) in [5, 5.41) is 0. The van der Waals surface area contributed by atoms with Crippen LogP contribution in [-0.4, -0.2) is 38.7 Å². The molecule has 0 amide bonds. The van der Waals surface area contributed by atoms with Gasteiger partial charge in [0.25, 0.3) is 0 Å². The monoisotopic (exact) mass is 310 g/mol. The predicted molar refractivity (Wildman–Crippen MR) is 88.0 cm³/mol. The van der Waals surface area contributed by atoms with Crippen molar-refractivity contribution >= 4 is 5.78 Å². The van der Waals surface area contributed by atoms with E-state index in [1.54, 1.807) is 12.3 Å². The van der Waals surface area contributed by atoms with Crippen molar-refractivity contribution in [2.45, 2.75) is 32.7 Å². The summed E-state index contributed by atoms with van der Waals surface area (Å²) >= 11 is 0. The average molecular weight is 310 g/mol. The molecular weight excluding hydrogens is 288 g/mol. The van der Waals surface area contributed by atoms with Crippen molar-refractivity contribution in [1.29, 1.82) is 0 Å². The molecule has 0 aromatic carbocycles. The van der Waals surface area contributed by atoms with E-state index >= 15 is 0 Å². The van der Waals surface area contributed by atoms with Crippen LogP contribution in [0.1, 0.15) is 41.8 Å². The number of likely N-dealkylation sites (tertiary alicyclic amines) is 1. The van der Waals surface area contributed by atoms with Crippen LogP contribution < -0.4 is 0 Å². The van der Waals surface area contributed by atoms with Gasteiger partial charge in [-0.1, -0.05) is 13.0 Å². The molecule has 2 aromatic rings. The van der Waals surface area contributed by atoms with Gasteiger partial charge in [-0.15, -0.1) is 0 Å². The lowest BCUT2D eigenvalue weighted by molar-refractivity contribution is 0.0805. The summed E-state index contributed by atoms with van der Waals surface area (Å²) in [5.41, 5.74) is 1.61. The SMILES string of the molecule is CCc1nccc(CN2CCC[C@H](C(=O)c3ccccn3)C2)n1. The number of aryl methyl sites for hydroxylation is 1. The van der Waals surface area contributed by atoms with Crippen LogP contribution in [0.15, 0.2) is 36.7 Å². The number of rotatable bonds is 5. The Balaban J connectivity index is 1.65. The van der Waals surface area contributed by atoms with Gasteiger partial charge < -0.3 is 0 Å². The quantitative estimate of drug-likeness (QED) is 0.794. The number of carbonyl (C=O) groups excluding carboxylic acids is 1. The van der Waals surface area contributed by atoms with Crippen LogP contribution in [0, 0.1) is 5.92 Å². The van der Waals surface area contributed by atoms with Crippen molar-refractivity contribution in [3.8, 4) is 0 Å². The first-order valence-electron chi connectivity index (χ1n) is 8.24. The van der Waals surface area contributed by atoms with Gasteiger partial charge in [0.1, 0.15) is 11.5 Å². The molecule has 0 radical (unpaired) electrons. The molecule has 0 aliphatic carbocycles. The smallest absolute Gasteiger partial charge is 0.185 e. The molecule has 5 nitrogen and oxygen atoms in total. The van der Waals surface area contributed by atoms with E-state index in [-0.39, 0.29) is 11.7 Å². The molecule has 5 heteroatoms. The van der Waals surface area contributed by atoms with E-state index in [4.69, 9.17) is 0 Å². The van der Waals surface area contributed by atoms with E-state index in [1.807, 2.05) is 24.4 Å². The highest BCUT2D eigenvalue weighted by Crippen LogP contribution is 2.21. The highest BCUT2D eigenvalue weighted by atomic mass is 16.1. The summed E-state index contributed by atoms with van der Waals surface area (Å²) in [4.78, 5) is 27.9. The second-order valence-corrected chi connectivity index (χ2v) is 5.97. The zero-order valence-electron chi connectivity index (χ0n) is 13.5. The molecule has 0 unspecified atom stereocenters. The Labute approximate surface area is 136 Å². The predicted octanol–water partition coefficient (Wildman–Crippen LogP) is 2.53. The Hall–Kier alpha value is -2.14. The number of hydrogen-bond acceptors (Lipinski definition) is 5. The first-order chi connectivity index (χ1) is 11.3. The molecule has 0 N–H and O–H groups in total. The summed E-state index contributed by atoms with van der Waals surface area (Å²) in [6.45, 7) is 4.63. The highest BCUT2D eigenvalue weighted by Gasteiger charge is 2.27. The van der Waals surface area contributed by atoms with Crippen LogP contribution in [0.25, 0.3) is 0 Å². The van der Waals surface area contributed by atoms with Crippen LogP contribution >= 0.6 is 0 Å². The van der Waals surface area contributed by atoms with Gasteiger partial charge in [0.05, 0.1) is 5.69 Å². The topological polar surface area (TPSA) is 59.0 Å². The van der Waals surface area contributed by atoms with Crippen molar-refractivity contribution < 1.29 is 4.79 Å². The maximum absolute atomic E-state index is 12.6. The Morgan fingerprint density at radius 3 is 2.96 bits per heavy atom. The fraction of sp³-hybridized carbons (Fsp3) is 0.444. The third kappa shape index (κ3) is 3.99. The van der Waals surface area contributed by atoms with E-state index in [0.29, 0.717) is 5.69 Å². The third-order valence-corrected chi connectivity index (χ3v) is 4.26. The van der Waals surface area contributed by atoms with Crippen LogP contribution in [0.3, 0.4) is 0 Å². The molecular formula is C18H22N4O. The Kier molecular flexibility index (Phi) is 5.08. The summed E-state index contributed by atoms with van der Waals surface area (Å²) in [6, 6.07) is 7.47. The lowest BCUT2D eigenvalue weighted by Gasteiger charge is -2.31. The molecule has 0 bridgehead atoms. The van der Waals surface area contributed by atoms with E-state index in [2.05, 4.69) is 26.8 Å². The van der Waals surface area contributed by atoms with Gasteiger partial charge in [0, 0.05) is 37.8 Å². The Morgan fingerprint density at radius 1 is 1.26 bits per heavy atom. The lowest BCUT2D eigenvalue weighted by Crippen LogP contribution is -2.38. The van der Waals surface area contributed by atoms with Crippen LogP contribution in [-0.2, 0) is 13.0 Å². The summed E-state index contributed by atoms with van der Waals surface area (Å²) in [6.07, 6.45) is 6.32. The molecule has 1 saturated heterocycles. The summed E-state index contributed by atoms with van der Waals surface area (Å²) in [7, 11) is 0. The van der Waals surface area contributed by atoms with Gasteiger partial charge in [-0.25, -0.2) is 9.97 Å². The molecule has 3 heterocycles. The second-order valence-electron chi connectivity index (χ2n) is 5.97. The fourth-order valence-corrected chi connectivity index (χ4v) is 3.06. The lowest BCUT2D eigenvalue weighted by atomic mass is 9.92. The van der Waals surface area contributed by atoms with E-state index in [0.717, 1.165) is 50.4 Å². The average Bonchev–Trinajstić information content (AvgIpc) is 2.62. The van der Waals surface area contributed by atoms with Crippen molar-refractivity contribution in [3.63, 3.8) is 0 Å². The van der Waals surface area contributed by atoms with Crippen molar-refractivity contribution in [3.05, 3.63) is 53.9 Å². The summed E-state index contributed by atoms with van der Waals surface area (Å²) in [5.74, 6) is 1.07. The minimum absolute atomic E-state index is 0.0335. The number of nitrogens with zero attached hydrogens (tertiary/aromatic N) is 4.